The third-order valence-corrected chi connectivity index (χ3v) is 7.00. The summed E-state index contributed by atoms with van der Waals surface area (Å²) in [5.74, 6) is -6.63. The first-order valence-corrected chi connectivity index (χ1v) is 10.4. The molecule has 1 aromatic rings. The smallest absolute Gasteiger partial charge is 0.255 e. The number of aromatic hydroxyl groups is 1. The highest BCUT2D eigenvalue weighted by molar-refractivity contribution is 6.24. The molecule has 0 radical (unpaired) electrons. The number of nitrogens with two attached hydrogens (primary N) is 1. The van der Waals surface area contributed by atoms with Crippen LogP contribution in [0.3, 0.4) is 0 Å². The second-order valence-electron chi connectivity index (χ2n) is 8.99. The lowest BCUT2D eigenvalue weighted by atomic mass is 9.58. The molecule has 6 N–H and O–H groups in total. The summed E-state index contributed by atoms with van der Waals surface area (Å²) in [5.41, 5.74) is 2.90. The standard InChI is InChI=1S/C23H26N2O8/c1-25(2)17-12-7-10-6-11-9(8-33-3)4-5-13(26)15(11)18(27)14(10)20(29)23(12,32)21(30)16(19(17)28)22(24)31/h4-5,10,12,17,26,28-29,32H,6-8H2,1-3H3,(H2,24,31)/t10-,12+,17+,23-/m0/s1. The number of hydrogen-bond acceptors (Lipinski definition) is 9. The molecule has 0 saturated carbocycles. The second-order valence-corrected chi connectivity index (χ2v) is 8.99. The van der Waals surface area contributed by atoms with Crippen molar-refractivity contribution in [2.24, 2.45) is 17.6 Å². The number of Topliss-reactive ketones (excluding diaryl/α,β-unsaturated/α-hetero) is 2. The van der Waals surface area contributed by atoms with E-state index >= 15 is 0 Å². The van der Waals surface area contributed by atoms with E-state index in [1.807, 2.05) is 0 Å². The second kappa shape index (κ2) is 7.68. The van der Waals surface area contributed by atoms with Gasteiger partial charge in [-0.15, -0.1) is 0 Å². The van der Waals surface area contributed by atoms with Crippen LogP contribution in [-0.4, -0.2) is 75.6 Å². The van der Waals surface area contributed by atoms with Crippen molar-refractivity contribution in [3.8, 4) is 5.75 Å². The first kappa shape index (κ1) is 23.0. The predicted octanol–water partition coefficient (Wildman–Crippen LogP) is 0.267. The van der Waals surface area contributed by atoms with Gasteiger partial charge >= 0.3 is 0 Å². The van der Waals surface area contributed by atoms with E-state index in [1.54, 1.807) is 20.2 Å². The van der Waals surface area contributed by atoms with E-state index < -0.39 is 58.0 Å². The molecule has 0 unspecified atom stereocenters. The zero-order chi connectivity index (χ0) is 24.4. The van der Waals surface area contributed by atoms with Gasteiger partial charge in [0.2, 0.25) is 5.78 Å². The summed E-state index contributed by atoms with van der Waals surface area (Å²) in [7, 11) is 4.67. The van der Waals surface area contributed by atoms with Crippen LogP contribution in [-0.2, 0) is 27.4 Å². The molecule has 0 spiro atoms. The zero-order valence-corrected chi connectivity index (χ0v) is 18.5. The number of primary amides is 1. The molecule has 176 valence electrons. The van der Waals surface area contributed by atoms with Crippen molar-refractivity contribution in [3.63, 3.8) is 0 Å². The number of rotatable bonds is 4. The minimum atomic E-state index is -2.63. The number of likely N-dealkylation sites (N-methyl/N-ethyl adjacent to an activating group) is 1. The van der Waals surface area contributed by atoms with Crippen LogP contribution in [0.2, 0.25) is 0 Å². The third kappa shape index (κ3) is 3.01. The number of fused-ring (bicyclic) bond motifs is 3. The highest BCUT2D eigenvalue weighted by Crippen LogP contribution is 2.52. The maximum Gasteiger partial charge on any atom is 0.255 e. The predicted molar refractivity (Wildman–Crippen MR) is 114 cm³/mol. The maximum atomic E-state index is 13.5. The van der Waals surface area contributed by atoms with Crippen molar-refractivity contribution in [3.05, 3.63) is 51.5 Å². The molecule has 0 heterocycles. The fourth-order valence-electron chi connectivity index (χ4n) is 5.61. The van der Waals surface area contributed by atoms with Gasteiger partial charge in [0.15, 0.2) is 11.4 Å². The summed E-state index contributed by atoms with van der Waals surface area (Å²) in [5, 5.41) is 43.8. The minimum Gasteiger partial charge on any atom is -0.510 e. The molecule has 4 atom stereocenters. The van der Waals surface area contributed by atoms with E-state index in [9.17, 15) is 34.8 Å². The minimum absolute atomic E-state index is 0.0228. The molecule has 10 nitrogen and oxygen atoms in total. The number of allylic oxidation sites excluding steroid dienone is 1. The number of carbonyl (C=O) groups excluding carboxylic acids is 3. The normalized spacial score (nSPS) is 29.2. The molecule has 1 amide bonds. The van der Waals surface area contributed by atoms with E-state index in [-0.39, 0.29) is 36.3 Å². The number of ether oxygens (including phenoxy) is 1. The van der Waals surface area contributed by atoms with Gasteiger partial charge in [-0.05, 0) is 50.0 Å². The Hall–Kier alpha value is -3.21. The Kier molecular flexibility index (Phi) is 5.35. The van der Waals surface area contributed by atoms with Gasteiger partial charge in [-0.2, -0.15) is 0 Å². The van der Waals surface area contributed by atoms with Gasteiger partial charge in [0, 0.05) is 18.6 Å². The Morgan fingerprint density at radius 3 is 2.48 bits per heavy atom. The molecule has 0 aromatic heterocycles. The van der Waals surface area contributed by atoms with Crippen molar-refractivity contribution in [2.75, 3.05) is 21.2 Å². The molecule has 0 fully saturated rings. The lowest BCUT2D eigenvalue weighted by Crippen LogP contribution is -2.63. The molecular formula is C23H26N2O8. The van der Waals surface area contributed by atoms with Crippen LogP contribution in [0.25, 0.3) is 0 Å². The van der Waals surface area contributed by atoms with Gasteiger partial charge < -0.3 is 30.9 Å². The Labute approximate surface area is 189 Å². The SMILES string of the molecule is COCc1ccc(O)c2c1C[C@H]1C[C@@H]3[C@@H](N(C)C)C(O)=C(C(N)=O)C(=O)[C@@]3(O)C(O)=C1C2=O. The molecule has 10 heteroatoms. The molecule has 3 aliphatic rings. The van der Waals surface area contributed by atoms with Crippen LogP contribution in [0.1, 0.15) is 27.9 Å². The van der Waals surface area contributed by atoms with Crippen LogP contribution in [0.4, 0.5) is 0 Å². The maximum absolute atomic E-state index is 13.5. The highest BCUT2D eigenvalue weighted by atomic mass is 16.5. The highest BCUT2D eigenvalue weighted by Gasteiger charge is 2.63. The molecule has 0 bridgehead atoms. The van der Waals surface area contributed by atoms with E-state index in [4.69, 9.17) is 10.5 Å². The Morgan fingerprint density at radius 2 is 1.91 bits per heavy atom. The number of phenolic OH excluding ortho intramolecular Hbond substituents is 1. The van der Waals surface area contributed by atoms with Crippen LogP contribution in [0, 0.1) is 11.8 Å². The number of hydrogen-bond donors (Lipinski definition) is 5. The van der Waals surface area contributed by atoms with E-state index in [1.165, 1.54) is 18.1 Å². The topological polar surface area (TPSA) is 171 Å². The number of phenols is 1. The summed E-state index contributed by atoms with van der Waals surface area (Å²) < 4.78 is 5.21. The van der Waals surface area contributed by atoms with Gasteiger partial charge in [-0.1, -0.05) is 6.07 Å². The van der Waals surface area contributed by atoms with Crippen molar-refractivity contribution in [1.29, 1.82) is 0 Å². The quantitative estimate of drug-likeness (QED) is 0.397. The van der Waals surface area contributed by atoms with Crippen molar-refractivity contribution in [2.45, 2.75) is 31.1 Å². The van der Waals surface area contributed by atoms with Crippen LogP contribution in [0.5, 0.6) is 5.75 Å². The number of amides is 1. The molecule has 0 aliphatic heterocycles. The fraction of sp³-hybridized carbons (Fsp3) is 0.435. The molecule has 0 saturated heterocycles. The summed E-state index contributed by atoms with van der Waals surface area (Å²) in [6, 6.07) is 1.99. The fourth-order valence-corrected chi connectivity index (χ4v) is 5.61. The van der Waals surface area contributed by atoms with Crippen molar-refractivity contribution < 1.29 is 39.5 Å². The molecule has 1 aromatic carbocycles. The van der Waals surface area contributed by atoms with Gasteiger partial charge in [-0.3, -0.25) is 19.3 Å². The zero-order valence-electron chi connectivity index (χ0n) is 18.5. The largest absolute Gasteiger partial charge is 0.510 e. The molecule has 3 aliphatic carbocycles. The number of nitrogens with zero attached hydrogens (tertiary/aromatic N) is 1. The Balaban J connectivity index is 1.96. The number of carbonyl (C=O) groups is 3. The first-order valence-electron chi connectivity index (χ1n) is 10.4. The van der Waals surface area contributed by atoms with E-state index in [0.29, 0.717) is 11.1 Å². The van der Waals surface area contributed by atoms with Crippen molar-refractivity contribution in [1.82, 2.24) is 4.90 Å². The Morgan fingerprint density at radius 1 is 1.24 bits per heavy atom. The molecule has 33 heavy (non-hydrogen) atoms. The summed E-state index contributed by atoms with van der Waals surface area (Å²) >= 11 is 0. The Bertz CT molecular complexity index is 1150. The third-order valence-electron chi connectivity index (χ3n) is 7.00. The molecule has 4 rings (SSSR count). The average Bonchev–Trinajstić information content (AvgIpc) is 2.72. The first-order chi connectivity index (χ1) is 15.5. The van der Waals surface area contributed by atoms with Gasteiger partial charge in [0.05, 0.1) is 18.2 Å². The van der Waals surface area contributed by atoms with Gasteiger partial charge in [0.1, 0.15) is 22.8 Å². The number of aliphatic hydroxyl groups excluding tert-OH is 2. The number of aliphatic hydroxyl groups is 3. The summed E-state index contributed by atoms with van der Waals surface area (Å²) in [6.07, 6.45) is 0.287. The summed E-state index contributed by atoms with van der Waals surface area (Å²) in [4.78, 5) is 40.1. The lowest BCUT2D eigenvalue weighted by molar-refractivity contribution is -0.148. The van der Waals surface area contributed by atoms with Crippen molar-refractivity contribution >= 4 is 17.5 Å². The summed E-state index contributed by atoms with van der Waals surface area (Å²) in [6.45, 7) is 0.200. The van der Waals surface area contributed by atoms with Crippen LogP contribution >= 0.6 is 0 Å². The number of methoxy groups -OCH3 is 1. The monoisotopic (exact) mass is 458 g/mol. The number of benzene rings is 1. The van der Waals surface area contributed by atoms with E-state index in [2.05, 4.69) is 0 Å². The molecular weight excluding hydrogens is 432 g/mol. The van der Waals surface area contributed by atoms with E-state index in [0.717, 1.165) is 0 Å². The van der Waals surface area contributed by atoms with Crippen LogP contribution < -0.4 is 5.73 Å². The van der Waals surface area contributed by atoms with Gasteiger partial charge in [0.25, 0.3) is 5.91 Å². The van der Waals surface area contributed by atoms with Gasteiger partial charge in [-0.25, -0.2) is 0 Å². The number of ketones is 2. The van der Waals surface area contributed by atoms with Crippen LogP contribution in [0.15, 0.2) is 34.8 Å². The lowest BCUT2D eigenvalue weighted by Gasteiger charge is -2.50. The average molecular weight is 458 g/mol.